The molecule has 3 rings (SSSR count). The van der Waals surface area contributed by atoms with E-state index in [2.05, 4.69) is 20.9 Å². The van der Waals surface area contributed by atoms with Gasteiger partial charge in [0, 0.05) is 19.8 Å². The molecule has 5 heteroatoms. The van der Waals surface area contributed by atoms with Gasteiger partial charge in [0.1, 0.15) is 17.3 Å². The second kappa shape index (κ2) is 5.44. The highest BCUT2D eigenvalue weighted by Crippen LogP contribution is 2.33. The third-order valence-corrected chi connectivity index (χ3v) is 3.50. The monoisotopic (exact) mass is 282 g/mol. The molecule has 0 saturated carbocycles. The highest BCUT2D eigenvalue weighted by Gasteiger charge is 2.18. The molecule has 1 aromatic carbocycles. The number of hydrogen-bond donors (Lipinski definition) is 1. The summed E-state index contributed by atoms with van der Waals surface area (Å²) in [4.78, 5) is 10.7. The van der Waals surface area contributed by atoms with E-state index in [0.29, 0.717) is 5.84 Å². The summed E-state index contributed by atoms with van der Waals surface area (Å²) in [6, 6.07) is 9.98. The summed E-state index contributed by atoms with van der Waals surface area (Å²) in [5.41, 5.74) is 8.86. The number of pyridine rings is 1. The van der Waals surface area contributed by atoms with Gasteiger partial charge in [0.15, 0.2) is 6.10 Å². The number of rotatable bonds is 3. The fourth-order valence-electron chi connectivity index (χ4n) is 2.27. The van der Waals surface area contributed by atoms with E-state index in [-0.39, 0.29) is 6.10 Å². The van der Waals surface area contributed by atoms with Crippen molar-refractivity contribution in [2.45, 2.75) is 19.6 Å². The van der Waals surface area contributed by atoms with Crippen molar-refractivity contribution in [2.75, 3.05) is 11.9 Å². The van der Waals surface area contributed by atoms with Crippen LogP contribution in [0.15, 0.2) is 47.7 Å². The summed E-state index contributed by atoms with van der Waals surface area (Å²) < 4.78 is 5.71. The molecule has 0 radical (unpaired) electrons. The van der Waals surface area contributed by atoms with Crippen molar-refractivity contribution in [1.82, 2.24) is 4.98 Å². The molecule has 108 valence electrons. The number of ether oxygens (including phenoxy) is 1. The summed E-state index contributed by atoms with van der Waals surface area (Å²) >= 11 is 0. The number of anilines is 1. The molecule has 21 heavy (non-hydrogen) atoms. The van der Waals surface area contributed by atoms with E-state index >= 15 is 0 Å². The summed E-state index contributed by atoms with van der Waals surface area (Å²) in [6.45, 7) is 2.66. The number of fused-ring (bicyclic) bond motifs is 1. The van der Waals surface area contributed by atoms with Gasteiger partial charge in [-0.15, -0.1) is 0 Å². The molecule has 0 aliphatic carbocycles. The van der Waals surface area contributed by atoms with Gasteiger partial charge in [-0.1, -0.05) is 6.07 Å². The Bertz CT molecular complexity index is 669. The maximum atomic E-state index is 5.84. The Morgan fingerprint density at radius 1 is 1.33 bits per heavy atom. The second-order valence-electron chi connectivity index (χ2n) is 5.17. The van der Waals surface area contributed by atoms with Crippen molar-refractivity contribution in [2.24, 2.45) is 10.7 Å². The van der Waals surface area contributed by atoms with Gasteiger partial charge in [-0.3, -0.25) is 4.98 Å². The van der Waals surface area contributed by atoms with Crippen molar-refractivity contribution in [3.05, 3.63) is 48.3 Å². The van der Waals surface area contributed by atoms with Crippen LogP contribution in [-0.4, -0.2) is 24.0 Å². The van der Waals surface area contributed by atoms with Crippen molar-refractivity contribution < 1.29 is 4.74 Å². The van der Waals surface area contributed by atoms with Gasteiger partial charge in [0.25, 0.3) is 0 Å². The summed E-state index contributed by atoms with van der Waals surface area (Å²) in [7, 11) is 2.03. The van der Waals surface area contributed by atoms with Crippen molar-refractivity contribution in [3.63, 3.8) is 0 Å². The van der Waals surface area contributed by atoms with Crippen LogP contribution in [0.3, 0.4) is 0 Å². The Labute approximate surface area is 124 Å². The Balaban J connectivity index is 1.81. The lowest BCUT2D eigenvalue weighted by Crippen LogP contribution is -2.33. The lowest BCUT2D eigenvalue weighted by atomic mass is 10.1. The first-order valence-electron chi connectivity index (χ1n) is 6.88. The van der Waals surface area contributed by atoms with E-state index in [1.165, 1.54) is 0 Å². The third-order valence-electron chi connectivity index (χ3n) is 3.50. The van der Waals surface area contributed by atoms with Gasteiger partial charge < -0.3 is 15.4 Å². The molecule has 1 atom stereocenters. The molecule has 1 aromatic heterocycles. The first kappa shape index (κ1) is 13.4. The maximum Gasteiger partial charge on any atom is 0.153 e. The minimum Gasteiger partial charge on any atom is -0.481 e. The zero-order valence-corrected chi connectivity index (χ0v) is 12.2. The molecular weight excluding hydrogens is 264 g/mol. The van der Waals surface area contributed by atoms with Crippen LogP contribution < -0.4 is 15.4 Å². The first-order chi connectivity index (χ1) is 10.1. The molecule has 1 aliphatic heterocycles. The topological polar surface area (TPSA) is 63.7 Å². The average Bonchev–Trinajstić information content (AvgIpc) is 2.49. The molecule has 2 aromatic rings. The van der Waals surface area contributed by atoms with Gasteiger partial charge in [-0.05, 0) is 36.8 Å². The van der Waals surface area contributed by atoms with E-state index < -0.39 is 0 Å². The molecule has 0 spiro atoms. The van der Waals surface area contributed by atoms with Crippen LogP contribution in [0.4, 0.5) is 11.4 Å². The molecule has 5 nitrogen and oxygen atoms in total. The van der Waals surface area contributed by atoms with Crippen LogP contribution in [0.1, 0.15) is 12.5 Å². The van der Waals surface area contributed by atoms with Crippen LogP contribution in [0.25, 0.3) is 0 Å². The minimum atomic E-state index is -0.165. The Kier molecular flexibility index (Phi) is 3.48. The predicted octanol–water partition coefficient (Wildman–Crippen LogP) is 2.49. The standard InChI is InChI=1S/C16H18N4O/c1-11-16(17)19-14-8-12(5-6-15(14)21-11)10-20(2)13-4-3-7-18-9-13/h3-9,11H,10H2,1-2H3,(H2,17,19). The number of aromatic nitrogens is 1. The van der Waals surface area contributed by atoms with Crippen molar-refractivity contribution in [3.8, 4) is 5.75 Å². The molecule has 2 N–H and O–H groups in total. The summed E-state index contributed by atoms with van der Waals surface area (Å²) in [5.74, 6) is 1.30. The lowest BCUT2D eigenvalue weighted by molar-refractivity contribution is 0.281. The number of benzene rings is 1. The molecule has 0 amide bonds. The zero-order valence-electron chi connectivity index (χ0n) is 12.2. The van der Waals surface area contributed by atoms with E-state index in [9.17, 15) is 0 Å². The predicted molar refractivity (Wildman–Crippen MR) is 84.2 cm³/mol. The molecule has 1 unspecified atom stereocenters. The number of aliphatic imine (C=N–C) groups is 1. The Morgan fingerprint density at radius 3 is 2.95 bits per heavy atom. The third kappa shape index (κ3) is 2.81. The van der Waals surface area contributed by atoms with Crippen LogP contribution in [0.5, 0.6) is 5.75 Å². The van der Waals surface area contributed by atoms with E-state index in [1.807, 2.05) is 44.4 Å². The Morgan fingerprint density at radius 2 is 2.19 bits per heavy atom. The van der Waals surface area contributed by atoms with Crippen molar-refractivity contribution >= 4 is 17.2 Å². The molecular formula is C16H18N4O. The fraction of sp³-hybridized carbons (Fsp3) is 0.250. The molecule has 1 aliphatic rings. The van der Waals surface area contributed by atoms with Crippen LogP contribution in [0.2, 0.25) is 0 Å². The summed E-state index contributed by atoms with van der Waals surface area (Å²) in [6.07, 6.45) is 3.45. The van der Waals surface area contributed by atoms with Crippen LogP contribution >= 0.6 is 0 Å². The maximum absolute atomic E-state index is 5.84. The van der Waals surface area contributed by atoms with Gasteiger partial charge in [-0.25, -0.2) is 4.99 Å². The zero-order chi connectivity index (χ0) is 14.8. The minimum absolute atomic E-state index is 0.165. The van der Waals surface area contributed by atoms with E-state index in [1.54, 1.807) is 6.20 Å². The normalized spacial score (nSPS) is 16.7. The Hall–Kier alpha value is -2.56. The number of hydrogen-bond acceptors (Lipinski definition) is 5. The van der Waals surface area contributed by atoms with Gasteiger partial charge in [-0.2, -0.15) is 0 Å². The fourth-order valence-corrected chi connectivity index (χ4v) is 2.27. The summed E-state index contributed by atoms with van der Waals surface area (Å²) in [5, 5.41) is 0. The number of nitrogens with zero attached hydrogens (tertiary/aromatic N) is 3. The number of nitrogens with two attached hydrogens (primary N) is 1. The number of amidine groups is 1. The van der Waals surface area contributed by atoms with Gasteiger partial charge in [0.2, 0.25) is 0 Å². The van der Waals surface area contributed by atoms with Gasteiger partial charge >= 0.3 is 0 Å². The van der Waals surface area contributed by atoms with Crippen molar-refractivity contribution in [1.29, 1.82) is 0 Å². The quantitative estimate of drug-likeness (QED) is 0.939. The average molecular weight is 282 g/mol. The second-order valence-corrected chi connectivity index (χ2v) is 5.17. The van der Waals surface area contributed by atoms with E-state index in [0.717, 1.165) is 29.2 Å². The van der Waals surface area contributed by atoms with E-state index in [4.69, 9.17) is 10.5 Å². The largest absolute Gasteiger partial charge is 0.481 e. The lowest BCUT2D eigenvalue weighted by Gasteiger charge is -2.23. The van der Waals surface area contributed by atoms with Crippen LogP contribution in [-0.2, 0) is 6.54 Å². The van der Waals surface area contributed by atoms with Crippen LogP contribution in [0, 0.1) is 0 Å². The molecule has 0 fully saturated rings. The SMILES string of the molecule is CC1Oc2ccc(CN(C)c3cccnc3)cc2N=C1N. The highest BCUT2D eigenvalue weighted by atomic mass is 16.5. The smallest absolute Gasteiger partial charge is 0.153 e. The van der Waals surface area contributed by atoms with Gasteiger partial charge in [0.05, 0.1) is 11.9 Å². The first-order valence-corrected chi connectivity index (χ1v) is 6.88. The molecule has 2 heterocycles. The molecule has 0 saturated heterocycles. The highest BCUT2D eigenvalue weighted by molar-refractivity contribution is 5.89. The molecule has 0 bridgehead atoms.